The van der Waals surface area contributed by atoms with E-state index in [0.717, 1.165) is 21.5 Å². The van der Waals surface area contributed by atoms with Crippen LogP contribution >= 0.6 is 11.3 Å². The van der Waals surface area contributed by atoms with Gasteiger partial charge in [-0.15, -0.1) is 0 Å². The lowest BCUT2D eigenvalue weighted by Gasteiger charge is -2.04. The Balaban J connectivity index is 2.01. The first kappa shape index (κ1) is 13.4. The van der Waals surface area contributed by atoms with Crippen LogP contribution in [0.15, 0.2) is 30.7 Å². The fourth-order valence-corrected chi connectivity index (χ4v) is 2.58. The van der Waals surface area contributed by atoms with Gasteiger partial charge >= 0.3 is 5.97 Å². The molecule has 3 aromatic heterocycles. The van der Waals surface area contributed by atoms with E-state index in [9.17, 15) is 4.79 Å². The molecule has 7 heteroatoms. The van der Waals surface area contributed by atoms with Gasteiger partial charge in [0, 0.05) is 29.7 Å². The second-order valence-corrected chi connectivity index (χ2v) is 5.29. The number of fused-ring (bicyclic) bond motifs is 1. The van der Waals surface area contributed by atoms with Crippen LogP contribution < -0.4 is 5.73 Å². The van der Waals surface area contributed by atoms with Crippen molar-refractivity contribution in [1.29, 1.82) is 0 Å². The van der Waals surface area contributed by atoms with Crippen LogP contribution in [0.25, 0.3) is 21.5 Å². The molecule has 2 N–H and O–H groups in total. The maximum atomic E-state index is 11.7. The second-order valence-electron chi connectivity index (χ2n) is 4.28. The highest BCUT2D eigenvalue weighted by atomic mass is 32.1. The summed E-state index contributed by atoms with van der Waals surface area (Å²) in [4.78, 5) is 25.1. The van der Waals surface area contributed by atoms with Crippen LogP contribution in [-0.2, 0) is 4.74 Å². The number of thiazole rings is 1. The number of carbonyl (C=O) groups excluding carboxylic acids is 1. The van der Waals surface area contributed by atoms with Crippen LogP contribution in [0.2, 0.25) is 0 Å². The first-order valence-corrected chi connectivity index (χ1v) is 7.13. The maximum Gasteiger partial charge on any atom is 0.339 e. The number of nitrogen functional groups attached to an aromatic ring is 1. The molecule has 3 aromatic rings. The third-order valence-electron chi connectivity index (χ3n) is 2.85. The zero-order valence-electron chi connectivity index (χ0n) is 11.2. The van der Waals surface area contributed by atoms with Gasteiger partial charge in [0.05, 0.1) is 12.2 Å². The zero-order valence-corrected chi connectivity index (χ0v) is 12.1. The monoisotopic (exact) mass is 300 g/mol. The van der Waals surface area contributed by atoms with Crippen molar-refractivity contribution in [3.8, 4) is 11.1 Å². The van der Waals surface area contributed by atoms with Crippen molar-refractivity contribution < 1.29 is 9.53 Å². The molecule has 3 heterocycles. The van der Waals surface area contributed by atoms with E-state index in [1.54, 1.807) is 25.4 Å². The number of hydrogen-bond donors (Lipinski definition) is 1. The number of pyridine rings is 2. The van der Waals surface area contributed by atoms with Gasteiger partial charge in [-0.2, -0.15) is 0 Å². The van der Waals surface area contributed by atoms with Crippen LogP contribution in [0.4, 0.5) is 5.13 Å². The van der Waals surface area contributed by atoms with Crippen LogP contribution in [0.3, 0.4) is 0 Å². The Kier molecular flexibility index (Phi) is 3.49. The predicted octanol–water partition coefficient (Wildman–Crippen LogP) is 2.51. The number of esters is 1. The van der Waals surface area contributed by atoms with Crippen molar-refractivity contribution in [3.63, 3.8) is 0 Å². The van der Waals surface area contributed by atoms with E-state index in [4.69, 9.17) is 10.5 Å². The molecule has 3 rings (SSSR count). The van der Waals surface area contributed by atoms with E-state index in [-0.39, 0.29) is 0 Å². The molecule has 21 heavy (non-hydrogen) atoms. The van der Waals surface area contributed by atoms with Gasteiger partial charge in [0.15, 0.2) is 5.13 Å². The van der Waals surface area contributed by atoms with Gasteiger partial charge in [0.25, 0.3) is 0 Å². The van der Waals surface area contributed by atoms with Crippen molar-refractivity contribution in [2.75, 3.05) is 12.3 Å². The Morgan fingerprint density at radius 3 is 2.90 bits per heavy atom. The Morgan fingerprint density at radius 2 is 2.10 bits per heavy atom. The molecule has 6 nitrogen and oxygen atoms in total. The second kappa shape index (κ2) is 5.45. The lowest BCUT2D eigenvalue weighted by Crippen LogP contribution is -2.05. The van der Waals surface area contributed by atoms with E-state index in [1.165, 1.54) is 17.5 Å². The standard InChI is InChI=1S/C14H12N4O2S/c1-2-20-13(19)10-3-8(5-16-6-10)9-4-11-12(17-7-9)21-14(15)18-11/h3-7H,2H2,1H3,(H2,15,18). The van der Waals surface area contributed by atoms with Crippen molar-refractivity contribution in [3.05, 3.63) is 36.3 Å². The fourth-order valence-electron chi connectivity index (χ4n) is 1.92. The molecule has 0 radical (unpaired) electrons. The molecule has 0 spiro atoms. The molecule has 0 aliphatic heterocycles. The van der Waals surface area contributed by atoms with Crippen LogP contribution in [0.1, 0.15) is 17.3 Å². The molecule has 106 valence electrons. The predicted molar refractivity (Wildman–Crippen MR) is 81.0 cm³/mol. The van der Waals surface area contributed by atoms with Gasteiger partial charge in [-0.25, -0.2) is 14.8 Å². The summed E-state index contributed by atoms with van der Waals surface area (Å²) in [5, 5.41) is 0.480. The Bertz CT molecular complexity index is 816. The summed E-state index contributed by atoms with van der Waals surface area (Å²) in [5.41, 5.74) is 8.42. The first-order valence-electron chi connectivity index (χ1n) is 6.32. The van der Waals surface area contributed by atoms with Crippen molar-refractivity contribution in [1.82, 2.24) is 15.0 Å². The summed E-state index contributed by atoms with van der Waals surface area (Å²) in [6, 6.07) is 3.60. The lowest BCUT2D eigenvalue weighted by molar-refractivity contribution is 0.0526. The summed E-state index contributed by atoms with van der Waals surface area (Å²) in [6.45, 7) is 2.09. The summed E-state index contributed by atoms with van der Waals surface area (Å²) < 4.78 is 4.97. The van der Waals surface area contributed by atoms with Crippen LogP contribution in [0, 0.1) is 0 Å². The highest BCUT2D eigenvalue weighted by molar-refractivity contribution is 7.21. The van der Waals surface area contributed by atoms with E-state index < -0.39 is 5.97 Å². The molecule has 0 bridgehead atoms. The van der Waals surface area contributed by atoms with Crippen molar-refractivity contribution in [2.45, 2.75) is 6.92 Å². The number of nitrogens with zero attached hydrogens (tertiary/aromatic N) is 3. The molecule has 0 saturated heterocycles. The molecular formula is C14H12N4O2S. The van der Waals surface area contributed by atoms with Gasteiger partial charge in [0.1, 0.15) is 10.3 Å². The fraction of sp³-hybridized carbons (Fsp3) is 0.143. The summed E-state index contributed by atoms with van der Waals surface area (Å²) in [6.07, 6.45) is 4.86. The highest BCUT2D eigenvalue weighted by Crippen LogP contribution is 2.26. The lowest BCUT2D eigenvalue weighted by atomic mass is 10.1. The number of ether oxygens (including phenoxy) is 1. The molecule has 0 unspecified atom stereocenters. The van der Waals surface area contributed by atoms with Gasteiger partial charge in [-0.1, -0.05) is 11.3 Å². The minimum absolute atomic E-state index is 0.328. The van der Waals surface area contributed by atoms with Crippen LogP contribution in [-0.4, -0.2) is 27.5 Å². The number of anilines is 1. The van der Waals surface area contributed by atoms with E-state index in [2.05, 4.69) is 15.0 Å². The normalized spacial score (nSPS) is 10.7. The molecule has 0 fully saturated rings. The van der Waals surface area contributed by atoms with Gasteiger partial charge in [0.2, 0.25) is 0 Å². The van der Waals surface area contributed by atoms with Gasteiger partial charge in [-0.05, 0) is 19.1 Å². The zero-order chi connectivity index (χ0) is 14.8. The van der Waals surface area contributed by atoms with E-state index in [0.29, 0.717) is 17.3 Å². The molecule has 0 atom stereocenters. The molecule has 0 saturated carbocycles. The number of nitrogens with two attached hydrogens (primary N) is 1. The van der Waals surface area contributed by atoms with Crippen LogP contribution in [0.5, 0.6) is 0 Å². The number of hydrogen-bond acceptors (Lipinski definition) is 7. The average molecular weight is 300 g/mol. The van der Waals surface area contributed by atoms with Crippen molar-refractivity contribution >= 4 is 32.8 Å². The molecule has 0 aromatic carbocycles. The van der Waals surface area contributed by atoms with Gasteiger partial charge < -0.3 is 10.5 Å². The number of aromatic nitrogens is 3. The molecule has 0 aliphatic carbocycles. The average Bonchev–Trinajstić information content (AvgIpc) is 2.86. The minimum Gasteiger partial charge on any atom is -0.462 e. The number of carbonyl (C=O) groups is 1. The summed E-state index contributed by atoms with van der Waals surface area (Å²) in [5.74, 6) is -0.390. The topological polar surface area (TPSA) is 91.0 Å². The third-order valence-corrected chi connectivity index (χ3v) is 3.66. The minimum atomic E-state index is -0.390. The molecule has 0 amide bonds. The molecular weight excluding hydrogens is 288 g/mol. The first-order chi connectivity index (χ1) is 10.2. The SMILES string of the molecule is CCOC(=O)c1cncc(-c2cnc3sc(N)nc3c2)c1. The highest BCUT2D eigenvalue weighted by Gasteiger charge is 2.10. The number of rotatable bonds is 3. The Hall–Kier alpha value is -2.54. The smallest absolute Gasteiger partial charge is 0.339 e. The van der Waals surface area contributed by atoms with E-state index >= 15 is 0 Å². The summed E-state index contributed by atoms with van der Waals surface area (Å²) >= 11 is 1.34. The Labute approximate surface area is 124 Å². The van der Waals surface area contributed by atoms with Crippen molar-refractivity contribution in [2.24, 2.45) is 0 Å². The maximum absolute atomic E-state index is 11.7. The largest absolute Gasteiger partial charge is 0.462 e. The summed E-state index contributed by atoms with van der Waals surface area (Å²) in [7, 11) is 0. The van der Waals surface area contributed by atoms with Gasteiger partial charge in [-0.3, -0.25) is 4.98 Å². The third kappa shape index (κ3) is 2.68. The molecule has 0 aliphatic rings. The Morgan fingerprint density at radius 1 is 1.29 bits per heavy atom. The van der Waals surface area contributed by atoms with E-state index in [1.807, 2.05) is 6.07 Å². The quantitative estimate of drug-likeness (QED) is 0.747.